The Hall–Kier alpha value is -3.02. The van der Waals surface area contributed by atoms with Crippen molar-refractivity contribution in [2.75, 3.05) is 11.1 Å². The summed E-state index contributed by atoms with van der Waals surface area (Å²) in [5.74, 6) is -0.215. The Morgan fingerprint density at radius 1 is 1.06 bits per heavy atom. The van der Waals surface area contributed by atoms with Crippen LogP contribution < -0.4 is 10.6 Å². The van der Waals surface area contributed by atoms with Gasteiger partial charge in [0.25, 0.3) is 5.91 Å². The van der Waals surface area contributed by atoms with Crippen LogP contribution in [-0.2, 0) is 11.3 Å². The molecule has 7 nitrogen and oxygen atoms in total. The molecule has 33 heavy (non-hydrogen) atoms. The average Bonchev–Trinajstić information content (AvgIpc) is 3.49. The highest BCUT2D eigenvalue weighted by Crippen LogP contribution is 2.24. The molecule has 0 saturated carbocycles. The smallest absolute Gasteiger partial charge is 0.261 e. The molecule has 0 aliphatic rings. The van der Waals surface area contributed by atoms with Gasteiger partial charge < -0.3 is 10.6 Å². The fraction of sp³-hybridized carbons (Fsp3) is 0.0909. The fourth-order valence-corrected chi connectivity index (χ4v) is 4.55. The summed E-state index contributed by atoms with van der Waals surface area (Å²) in [5, 5.41) is 16.4. The average molecular weight is 546 g/mol. The van der Waals surface area contributed by atoms with Crippen molar-refractivity contribution in [2.24, 2.45) is 0 Å². The van der Waals surface area contributed by atoms with Gasteiger partial charge in [-0.1, -0.05) is 33.8 Å². The Kier molecular flexibility index (Phi) is 7.53. The molecule has 2 aromatic heterocycles. The third-order valence-electron chi connectivity index (χ3n) is 4.40. The molecule has 0 aliphatic carbocycles. The molecule has 0 unspecified atom stereocenters. The minimum atomic E-state index is -0.372. The van der Waals surface area contributed by atoms with E-state index in [1.165, 1.54) is 47.4 Å². The van der Waals surface area contributed by atoms with Gasteiger partial charge in [0.2, 0.25) is 5.91 Å². The number of thioether (sulfide) groups is 1. The minimum absolute atomic E-state index is 0.0770. The Morgan fingerprint density at radius 3 is 2.52 bits per heavy atom. The summed E-state index contributed by atoms with van der Waals surface area (Å²) in [5.41, 5.74) is 1.30. The summed E-state index contributed by atoms with van der Waals surface area (Å²) in [7, 11) is 0. The largest absolute Gasteiger partial charge is 0.344 e. The van der Waals surface area contributed by atoms with Crippen LogP contribution in [0, 0.1) is 5.82 Å². The first-order valence-electron chi connectivity index (χ1n) is 9.70. The second-order valence-corrected chi connectivity index (χ2v) is 9.52. The van der Waals surface area contributed by atoms with Crippen molar-refractivity contribution in [3.05, 3.63) is 87.0 Å². The number of nitrogens with zero attached hydrogens (tertiary/aromatic N) is 3. The lowest BCUT2D eigenvalue weighted by Crippen LogP contribution is -2.24. The lowest BCUT2D eigenvalue weighted by atomic mass is 10.3. The van der Waals surface area contributed by atoms with Crippen molar-refractivity contribution >= 4 is 56.5 Å². The molecule has 0 atom stereocenters. The van der Waals surface area contributed by atoms with Gasteiger partial charge in [-0.15, -0.1) is 21.5 Å². The van der Waals surface area contributed by atoms with Crippen LogP contribution in [0.15, 0.2) is 75.7 Å². The van der Waals surface area contributed by atoms with E-state index in [0.717, 1.165) is 10.2 Å². The van der Waals surface area contributed by atoms with Gasteiger partial charge >= 0.3 is 0 Å². The summed E-state index contributed by atoms with van der Waals surface area (Å²) in [6, 6.07) is 16.7. The Morgan fingerprint density at radius 2 is 1.82 bits per heavy atom. The molecule has 4 rings (SSSR count). The van der Waals surface area contributed by atoms with E-state index in [0.29, 0.717) is 21.5 Å². The first kappa shape index (κ1) is 23.1. The van der Waals surface area contributed by atoms with Crippen LogP contribution in [-0.4, -0.2) is 32.3 Å². The molecule has 2 aromatic carbocycles. The first-order valence-corrected chi connectivity index (χ1v) is 12.4. The first-order chi connectivity index (χ1) is 16.0. The SMILES string of the molecule is O=C(CSc1nnc(CNC(=O)c2cccs2)n1-c1ccc(Br)cc1)Nc1ccc(F)cc1. The zero-order chi connectivity index (χ0) is 23.2. The number of thiophene rings is 1. The number of benzene rings is 2. The summed E-state index contributed by atoms with van der Waals surface area (Å²) in [6.45, 7) is 0.169. The van der Waals surface area contributed by atoms with Crippen LogP contribution in [0.2, 0.25) is 0 Å². The van der Waals surface area contributed by atoms with Gasteiger partial charge in [0, 0.05) is 15.8 Å². The lowest BCUT2D eigenvalue weighted by molar-refractivity contribution is -0.113. The van der Waals surface area contributed by atoms with Crippen molar-refractivity contribution in [3.8, 4) is 5.69 Å². The van der Waals surface area contributed by atoms with E-state index in [-0.39, 0.29) is 29.9 Å². The maximum Gasteiger partial charge on any atom is 0.261 e. The molecular formula is C22H17BrFN5O2S2. The molecule has 4 aromatic rings. The van der Waals surface area contributed by atoms with Crippen LogP contribution in [0.5, 0.6) is 0 Å². The summed E-state index contributed by atoms with van der Waals surface area (Å²) < 4.78 is 15.8. The third-order valence-corrected chi connectivity index (χ3v) is 6.72. The number of carbonyl (C=O) groups is 2. The molecule has 2 N–H and O–H groups in total. The number of anilines is 1. The molecule has 0 radical (unpaired) electrons. The van der Waals surface area contributed by atoms with Crippen molar-refractivity contribution in [1.29, 1.82) is 0 Å². The number of amides is 2. The van der Waals surface area contributed by atoms with E-state index in [1.807, 2.05) is 35.7 Å². The molecule has 2 heterocycles. The summed E-state index contributed by atoms with van der Waals surface area (Å²) in [4.78, 5) is 25.3. The standard InChI is InChI=1S/C22H17BrFN5O2S2/c23-14-3-9-17(10-4-14)29-19(12-25-21(31)18-2-1-11-32-18)27-28-22(29)33-13-20(30)26-16-7-5-15(24)6-8-16/h1-11H,12-13H2,(H,25,31)(H,26,30). The van der Waals surface area contributed by atoms with Gasteiger partial charge in [-0.25, -0.2) is 4.39 Å². The molecular weight excluding hydrogens is 529 g/mol. The second-order valence-electron chi connectivity index (χ2n) is 6.71. The van der Waals surface area contributed by atoms with Crippen LogP contribution in [0.4, 0.5) is 10.1 Å². The van der Waals surface area contributed by atoms with E-state index >= 15 is 0 Å². The van der Waals surface area contributed by atoms with Gasteiger partial charge in [0.15, 0.2) is 11.0 Å². The van der Waals surface area contributed by atoms with E-state index < -0.39 is 0 Å². The Balaban J connectivity index is 1.49. The zero-order valence-electron chi connectivity index (χ0n) is 17.0. The van der Waals surface area contributed by atoms with Crippen LogP contribution in [0.3, 0.4) is 0 Å². The zero-order valence-corrected chi connectivity index (χ0v) is 20.2. The van der Waals surface area contributed by atoms with Crippen LogP contribution in [0.25, 0.3) is 5.69 Å². The topological polar surface area (TPSA) is 88.9 Å². The summed E-state index contributed by atoms with van der Waals surface area (Å²) >= 11 is 5.99. The van der Waals surface area contributed by atoms with E-state index in [9.17, 15) is 14.0 Å². The summed E-state index contributed by atoms with van der Waals surface area (Å²) in [6.07, 6.45) is 0. The van der Waals surface area contributed by atoms with E-state index in [2.05, 4.69) is 36.8 Å². The van der Waals surface area contributed by atoms with Crippen LogP contribution >= 0.6 is 39.0 Å². The van der Waals surface area contributed by atoms with Gasteiger partial charge in [-0.3, -0.25) is 14.2 Å². The predicted molar refractivity (Wildman–Crippen MR) is 130 cm³/mol. The molecule has 0 bridgehead atoms. The molecule has 168 valence electrons. The molecule has 0 spiro atoms. The van der Waals surface area contributed by atoms with Crippen molar-refractivity contribution in [1.82, 2.24) is 20.1 Å². The number of rotatable bonds is 8. The van der Waals surface area contributed by atoms with Crippen molar-refractivity contribution in [2.45, 2.75) is 11.7 Å². The Bertz CT molecular complexity index is 1250. The predicted octanol–water partition coefficient (Wildman–Crippen LogP) is 4.89. The number of hydrogen-bond donors (Lipinski definition) is 2. The van der Waals surface area contributed by atoms with Crippen LogP contribution in [0.1, 0.15) is 15.5 Å². The number of aromatic nitrogens is 3. The molecule has 11 heteroatoms. The Labute approximate surface area is 205 Å². The van der Waals surface area contributed by atoms with Gasteiger partial charge in [-0.05, 0) is 60.0 Å². The molecule has 2 amide bonds. The van der Waals surface area contributed by atoms with Crippen molar-refractivity contribution < 1.29 is 14.0 Å². The fourth-order valence-electron chi connectivity index (χ4n) is 2.87. The minimum Gasteiger partial charge on any atom is -0.344 e. The lowest BCUT2D eigenvalue weighted by Gasteiger charge is -2.11. The number of nitrogens with one attached hydrogen (secondary N) is 2. The second kappa shape index (κ2) is 10.7. The maximum absolute atomic E-state index is 13.1. The quantitative estimate of drug-likeness (QED) is 0.307. The van der Waals surface area contributed by atoms with Gasteiger partial charge in [0.05, 0.1) is 17.2 Å². The molecule has 0 fully saturated rings. The van der Waals surface area contributed by atoms with Crippen molar-refractivity contribution in [3.63, 3.8) is 0 Å². The normalized spacial score (nSPS) is 10.7. The molecule has 0 saturated heterocycles. The molecule has 0 aliphatic heterocycles. The van der Waals surface area contributed by atoms with Gasteiger partial charge in [0.1, 0.15) is 5.82 Å². The number of carbonyl (C=O) groups excluding carboxylic acids is 2. The number of halogens is 2. The highest BCUT2D eigenvalue weighted by Gasteiger charge is 2.17. The maximum atomic E-state index is 13.1. The van der Waals surface area contributed by atoms with E-state index in [4.69, 9.17) is 0 Å². The highest BCUT2D eigenvalue weighted by molar-refractivity contribution is 9.10. The monoisotopic (exact) mass is 545 g/mol. The highest BCUT2D eigenvalue weighted by atomic mass is 79.9. The van der Waals surface area contributed by atoms with Gasteiger partial charge in [-0.2, -0.15) is 0 Å². The third kappa shape index (κ3) is 6.06. The number of hydrogen-bond acceptors (Lipinski definition) is 6. The van der Waals surface area contributed by atoms with E-state index in [1.54, 1.807) is 10.6 Å².